The second-order valence-corrected chi connectivity index (χ2v) is 5.65. The molecule has 1 aromatic heterocycles. The van der Waals surface area contributed by atoms with Gasteiger partial charge in [0.25, 0.3) is 5.78 Å². The molecule has 1 aromatic carbocycles. The maximum atomic E-state index is 12.7. The Morgan fingerprint density at radius 2 is 2.00 bits per heavy atom. The number of carbonyl (C=O) groups is 1. The monoisotopic (exact) mass is 313 g/mol. The largest absolute Gasteiger partial charge is 0.454 e. The van der Waals surface area contributed by atoms with Gasteiger partial charge in [-0.3, -0.25) is 9.78 Å². The molecule has 0 saturated heterocycles. The summed E-state index contributed by atoms with van der Waals surface area (Å²) in [5.41, 5.74) is 0.234. The Hall–Kier alpha value is -1.56. The highest BCUT2D eigenvalue weighted by Gasteiger charge is 2.41. The van der Waals surface area contributed by atoms with E-state index in [1.807, 2.05) is 6.92 Å². The van der Waals surface area contributed by atoms with Gasteiger partial charge in [0.15, 0.2) is 0 Å². The first kappa shape index (κ1) is 15.8. The minimum absolute atomic E-state index is 0.359. The van der Waals surface area contributed by atoms with Gasteiger partial charge in [-0.2, -0.15) is 13.2 Å². The predicted octanol–water partition coefficient (Wildman–Crippen LogP) is 4.87. The number of benzene rings is 1. The normalized spacial score (nSPS) is 11.8. The van der Waals surface area contributed by atoms with E-state index in [9.17, 15) is 18.0 Å². The third-order valence-electron chi connectivity index (χ3n) is 2.97. The lowest BCUT2D eigenvalue weighted by molar-refractivity contribution is -0.0887. The van der Waals surface area contributed by atoms with Gasteiger partial charge < -0.3 is 0 Å². The topological polar surface area (TPSA) is 30.0 Å². The molecule has 0 bridgehead atoms. The summed E-state index contributed by atoms with van der Waals surface area (Å²) in [5, 5.41) is 0.591. The molecule has 0 fully saturated rings. The van der Waals surface area contributed by atoms with E-state index in [1.54, 1.807) is 24.3 Å². The summed E-state index contributed by atoms with van der Waals surface area (Å²) >= 11 is 1.28. The molecule has 0 saturated carbocycles. The number of thioether (sulfide) groups is 1. The van der Waals surface area contributed by atoms with Crippen LogP contribution in [0.4, 0.5) is 13.2 Å². The molecule has 21 heavy (non-hydrogen) atoms. The van der Waals surface area contributed by atoms with E-state index in [0.717, 1.165) is 19.0 Å². The van der Waals surface area contributed by atoms with Crippen LogP contribution in [0, 0.1) is 0 Å². The summed E-state index contributed by atoms with van der Waals surface area (Å²) in [4.78, 5) is 15.9. The molecule has 112 valence electrons. The number of hydrogen-bond donors (Lipinski definition) is 0. The van der Waals surface area contributed by atoms with Crippen molar-refractivity contribution in [3.05, 3.63) is 36.0 Å². The third-order valence-corrected chi connectivity index (χ3v) is 4.19. The maximum Gasteiger partial charge on any atom is 0.454 e. The first-order valence-electron chi connectivity index (χ1n) is 6.57. The Kier molecular flexibility index (Phi) is 4.88. The van der Waals surface area contributed by atoms with Crippen LogP contribution in [0.3, 0.4) is 0 Å². The van der Waals surface area contributed by atoms with E-state index in [4.69, 9.17) is 0 Å². The number of hydrogen-bond acceptors (Lipinski definition) is 3. The zero-order valence-corrected chi connectivity index (χ0v) is 12.2. The number of fused-ring (bicyclic) bond motifs is 1. The molecule has 0 unspecified atom stereocenters. The van der Waals surface area contributed by atoms with Crippen molar-refractivity contribution in [3.63, 3.8) is 0 Å². The summed E-state index contributed by atoms with van der Waals surface area (Å²) in [5.74, 6) is -1.16. The fourth-order valence-corrected chi connectivity index (χ4v) is 3.17. The summed E-state index contributed by atoms with van der Waals surface area (Å²) < 4.78 is 38.2. The Labute approximate surface area is 124 Å². The number of pyridine rings is 1. The molecule has 0 aliphatic heterocycles. The first-order valence-corrected chi connectivity index (χ1v) is 7.55. The zero-order chi connectivity index (χ0) is 15.5. The van der Waals surface area contributed by atoms with Crippen LogP contribution < -0.4 is 0 Å². The van der Waals surface area contributed by atoms with Crippen molar-refractivity contribution in [2.45, 2.75) is 30.8 Å². The third kappa shape index (κ3) is 3.56. The molecule has 2 aromatic rings. The lowest BCUT2D eigenvalue weighted by Crippen LogP contribution is -2.23. The Morgan fingerprint density at radius 3 is 2.67 bits per heavy atom. The van der Waals surface area contributed by atoms with Crippen molar-refractivity contribution in [1.82, 2.24) is 4.98 Å². The number of nitrogens with zero attached hydrogens (tertiary/aromatic N) is 1. The van der Waals surface area contributed by atoms with Crippen molar-refractivity contribution < 1.29 is 18.0 Å². The molecule has 0 aliphatic rings. The molecule has 0 radical (unpaired) electrons. The quantitative estimate of drug-likeness (QED) is 0.448. The van der Waals surface area contributed by atoms with Gasteiger partial charge in [-0.25, -0.2) is 0 Å². The zero-order valence-electron chi connectivity index (χ0n) is 11.4. The van der Waals surface area contributed by atoms with E-state index < -0.39 is 12.0 Å². The van der Waals surface area contributed by atoms with Crippen LogP contribution >= 0.6 is 11.8 Å². The van der Waals surface area contributed by atoms with E-state index >= 15 is 0 Å². The second kappa shape index (κ2) is 6.47. The standard InChI is InChI=1S/C15H14F3NOS/c1-2-3-8-21-13-10-6-4-5-7-12(10)19-9-11(13)14(20)15(16,17)18/h4-7,9H,2-3,8H2,1H3. The van der Waals surface area contributed by atoms with Gasteiger partial charge in [0, 0.05) is 16.5 Å². The number of carbonyl (C=O) groups excluding carboxylic acids is 1. The molecule has 0 amide bonds. The molecule has 0 spiro atoms. The van der Waals surface area contributed by atoms with Gasteiger partial charge in [0.2, 0.25) is 0 Å². The van der Waals surface area contributed by atoms with Crippen molar-refractivity contribution in [2.24, 2.45) is 0 Å². The number of Topliss-reactive ketones (excluding diaryl/α,β-unsaturated/α-hetero) is 1. The van der Waals surface area contributed by atoms with Crippen LogP contribution in [0.1, 0.15) is 30.1 Å². The van der Waals surface area contributed by atoms with E-state index in [2.05, 4.69) is 4.98 Å². The SMILES string of the molecule is CCCCSc1c(C(=O)C(F)(F)F)cnc2ccccc12. The molecule has 0 aliphatic carbocycles. The van der Waals surface area contributed by atoms with Gasteiger partial charge in [0.1, 0.15) is 0 Å². The summed E-state index contributed by atoms with van der Waals surface area (Å²) in [7, 11) is 0. The van der Waals surface area contributed by atoms with E-state index in [1.165, 1.54) is 11.8 Å². The number of alkyl halides is 3. The van der Waals surface area contributed by atoms with Gasteiger partial charge in [-0.15, -0.1) is 11.8 Å². The smallest absolute Gasteiger partial charge is 0.284 e. The average molecular weight is 313 g/mol. The second-order valence-electron chi connectivity index (χ2n) is 4.55. The van der Waals surface area contributed by atoms with Crippen molar-refractivity contribution in [1.29, 1.82) is 0 Å². The summed E-state index contributed by atoms with van der Waals surface area (Å²) in [6.45, 7) is 2.01. The number of halogens is 3. The maximum absolute atomic E-state index is 12.7. The molecule has 2 nitrogen and oxygen atoms in total. The molecule has 1 heterocycles. The summed E-state index contributed by atoms with van der Waals surface area (Å²) in [6, 6.07) is 6.92. The van der Waals surface area contributed by atoms with E-state index in [-0.39, 0.29) is 5.56 Å². The highest BCUT2D eigenvalue weighted by atomic mass is 32.2. The lowest BCUT2D eigenvalue weighted by Gasteiger charge is -2.12. The Balaban J connectivity index is 2.53. The van der Waals surface area contributed by atoms with Crippen molar-refractivity contribution in [3.8, 4) is 0 Å². The number of unbranched alkanes of at least 4 members (excludes halogenated alkanes) is 1. The highest BCUT2D eigenvalue weighted by Crippen LogP contribution is 2.34. The van der Waals surface area contributed by atoms with Gasteiger partial charge >= 0.3 is 6.18 Å². The van der Waals surface area contributed by atoms with Gasteiger partial charge in [0.05, 0.1) is 11.1 Å². The molecule has 0 atom stereocenters. The first-order chi connectivity index (χ1) is 9.95. The fourth-order valence-electron chi connectivity index (χ4n) is 1.90. The van der Waals surface area contributed by atoms with Gasteiger partial charge in [-0.05, 0) is 18.2 Å². The Morgan fingerprint density at radius 1 is 1.29 bits per heavy atom. The minimum Gasteiger partial charge on any atom is -0.284 e. The number of para-hydroxylation sites is 1. The number of ketones is 1. The van der Waals surface area contributed by atoms with E-state index in [0.29, 0.717) is 21.6 Å². The van der Waals surface area contributed by atoms with Crippen LogP contribution in [0.15, 0.2) is 35.4 Å². The summed E-state index contributed by atoms with van der Waals surface area (Å²) in [6.07, 6.45) is -2.03. The van der Waals surface area contributed by atoms with Crippen molar-refractivity contribution in [2.75, 3.05) is 5.75 Å². The lowest BCUT2D eigenvalue weighted by atomic mass is 10.1. The van der Waals surface area contributed by atoms with Crippen LogP contribution in [-0.2, 0) is 0 Å². The fraction of sp³-hybridized carbons (Fsp3) is 0.333. The molecular weight excluding hydrogens is 299 g/mol. The van der Waals surface area contributed by atoms with Crippen LogP contribution in [0.25, 0.3) is 10.9 Å². The van der Waals surface area contributed by atoms with Crippen LogP contribution in [-0.4, -0.2) is 22.7 Å². The predicted molar refractivity (Wildman–Crippen MR) is 77.8 cm³/mol. The van der Waals surface area contributed by atoms with Crippen molar-refractivity contribution >= 4 is 28.4 Å². The molecular formula is C15H14F3NOS. The molecule has 2 rings (SSSR count). The minimum atomic E-state index is -4.88. The number of rotatable bonds is 5. The molecule has 6 heteroatoms. The average Bonchev–Trinajstić information content (AvgIpc) is 2.46. The highest BCUT2D eigenvalue weighted by molar-refractivity contribution is 7.99. The Bertz CT molecular complexity index is 655. The molecule has 0 N–H and O–H groups in total. The number of aromatic nitrogens is 1. The van der Waals surface area contributed by atoms with Crippen LogP contribution in [0.5, 0.6) is 0 Å². The van der Waals surface area contributed by atoms with Gasteiger partial charge in [-0.1, -0.05) is 31.5 Å². The van der Waals surface area contributed by atoms with Crippen LogP contribution in [0.2, 0.25) is 0 Å².